The maximum atomic E-state index is 4.40. The second-order valence-electron chi connectivity index (χ2n) is 2.92. The highest BCUT2D eigenvalue weighted by Gasteiger charge is 1.97. The van der Waals surface area contributed by atoms with Gasteiger partial charge in [-0.3, -0.25) is 9.97 Å². The van der Waals surface area contributed by atoms with Gasteiger partial charge in [-0.2, -0.15) is 0 Å². The van der Waals surface area contributed by atoms with E-state index >= 15 is 0 Å². The quantitative estimate of drug-likeness (QED) is 0.697. The van der Waals surface area contributed by atoms with E-state index in [4.69, 9.17) is 0 Å². The predicted molar refractivity (Wildman–Crippen MR) is 61.3 cm³/mol. The highest BCUT2D eigenvalue weighted by molar-refractivity contribution is 7.46. The summed E-state index contributed by atoms with van der Waals surface area (Å²) in [5.74, 6) is 0. The zero-order chi connectivity index (χ0) is 9.80. The van der Waals surface area contributed by atoms with Gasteiger partial charge in [0.2, 0.25) is 0 Å². The van der Waals surface area contributed by atoms with E-state index < -0.39 is 0 Å². The first kappa shape index (κ1) is 9.29. The van der Waals surface area contributed by atoms with Crippen LogP contribution < -0.4 is 5.30 Å². The molecular weight excluding hydrogens is 191 g/mol. The molecule has 1 atom stereocenters. The van der Waals surface area contributed by atoms with Crippen molar-refractivity contribution in [1.29, 1.82) is 0 Å². The van der Waals surface area contributed by atoms with Gasteiger partial charge in [-0.15, -0.1) is 0 Å². The van der Waals surface area contributed by atoms with Crippen molar-refractivity contribution in [2.45, 2.75) is 0 Å². The van der Waals surface area contributed by atoms with Gasteiger partial charge in [0, 0.05) is 24.2 Å². The van der Waals surface area contributed by atoms with Crippen molar-refractivity contribution >= 4 is 13.9 Å². The van der Waals surface area contributed by atoms with E-state index in [0.29, 0.717) is 0 Å². The molecule has 2 nitrogen and oxygen atoms in total. The molecule has 0 bridgehead atoms. The summed E-state index contributed by atoms with van der Waals surface area (Å²) in [6.07, 6.45) is 5.51. The van der Waals surface area contributed by atoms with E-state index in [1.54, 1.807) is 12.4 Å². The Morgan fingerprint density at radius 2 is 1.86 bits per heavy atom. The Morgan fingerprint density at radius 3 is 2.43 bits per heavy atom. The van der Waals surface area contributed by atoms with Crippen LogP contribution in [-0.4, -0.2) is 16.6 Å². The van der Waals surface area contributed by atoms with Crippen LogP contribution in [0.4, 0.5) is 0 Å². The molecule has 0 radical (unpaired) electrons. The SMILES string of the molecule is CPc1ccc(-c2ccncc2)nc1. The van der Waals surface area contributed by atoms with Crippen molar-refractivity contribution < 1.29 is 0 Å². The first-order valence-corrected chi connectivity index (χ1v) is 5.94. The van der Waals surface area contributed by atoms with Crippen molar-refractivity contribution in [3.63, 3.8) is 0 Å². The fourth-order valence-corrected chi connectivity index (χ4v) is 1.68. The average molecular weight is 202 g/mol. The Balaban J connectivity index is 2.34. The zero-order valence-electron chi connectivity index (χ0n) is 7.94. The monoisotopic (exact) mass is 202 g/mol. The van der Waals surface area contributed by atoms with Gasteiger partial charge in [-0.1, -0.05) is 14.6 Å². The highest BCUT2D eigenvalue weighted by atomic mass is 31.1. The minimum atomic E-state index is 0.809. The number of hydrogen-bond donors (Lipinski definition) is 0. The molecule has 2 aromatic rings. The second-order valence-corrected chi connectivity index (χ2v) is 4.00. The highest BCUT2D eigenvalue weighted by Crippen LogP contribution is 2.14. The smallest absolute Gasteiger partial charge is 0.0703 e. The summed E-state index contributed by atoms with van der Waals surface area (Å²) in [6, 6.07) is 8.12. The Morgan fingerprint density at radius 1 is 1.07 bits per heavy atom. The molecule has 1 unspecified atom stereocenters. The maximum absolute atomic E-state index is 4.40. The lowest BCUT2D eigenvalue weighted by Crippen LogP contribution is -1.95. The van der Waals surface area contributed by atoms with Gasteiger partial charge in [-0.25, -0.2) is 0 Å². The van der Waals surface area contributed by atoms with Crippen molar-refractivity contribution in [3.05, 3.63) is 42.9 Å². The largest absolute Gasteiger partial charge is 0.265 e. The van der Waals surface area contributed by atoms with E-state index in [0.717, 1.165) is 19.8 Å². The Bertz CT molecular complexity index is 397. The van der Waals surface area contributed by atoms with Crippen LogP contribution in [0.2, 0.25) is 0 Å². The number of hydrogen-bond acceptors (Lipinski definition) is 2. The van der Waals surface area contributed by atoms with Crippen molar-refractivity contribution in [2.24, 2.45) is 0 Å². The van der Waals surface area contributed by atoms with Gasteiger partial charge in [0.05, 0.1) is 5.69 Å². The van der Waals surface area contributed by atoms with E-state index in [1.165, 1.54) is 5.30 Å². The molecule has 0 saturated carbocycles. The fraction of sp³-hybridized carbons (Fsp3) is 0.0909. The molecule has 0 spiro atoms. The van der Waals surface area contributed by atoms with E-state index in [9.17, 15) is 0 Å². The third-order valence-electron chi connectivity index (χ3n) is 2.03. The topological polar surface area (TPSA) is 25.8 Å². The van der Waals surface area contributed by atoms with Crippen LogP contribution in [-0.2, 0) is 0 Å². The van der Waals surface area contributed by atoms with Crippen LogP contribution in [0.5, 0.6) is 0 Å². The van der Waals surface area contributed by atoms with Crippen molar-refractivity contribution in [3.8, 4) is 11.3 Å². The molecule has 2 aromatic heterocycles. The molecule has 2 rings (SSSR count). The molecule has 0 aliphatic rings. The number of pyridine rings is 2. The van der Waals surface area contributed by atoms with Crippen LogP contribution in [0.1, 0.15) is 0 Å². The summed E-state index contributed by atoms with van der Waals surface area (Å²) in [6.45, 7) is 2.16. The van der Waals surface area contributed by atoms with Gasteiger partial charge in [0.1, 0.15) is 0 Å². The number of aromatic nitrogens is 2. The molecule has 14 heavy (non-hydrogen) atoms. The maximum Gasteiger partial charge on any atom is 0.0703 e. The van der Waals surface area contributed by atoms with Crippen LogP contribution >= 0.6 is 8.58 Å². The minimum absolute atomic E-state index is 0.809. The second kappa shape index (κ2) is 4.30. The third-order valence-corrected chi connectivity index (χ3v) is 2.90. The first-order chi connectivity index (χ1) is 6.90. The average Bonchev–Trinajstić information content (AvgIpc) is 2.30. The lowest BCUT2D eigenvalue weighted by Gasteiger charge is -2.00. The summed E-state index contributed by atoms with van der Waals surface area (Å²) >= 11 is 0. The normalized spacial score (nSPS) is 10.9. The molecule has 0 aliphatic heterocycles. The summed E-state index contributed by atoms with van der Waals surface area (Å²) < 4.78 is 0. The predicted octanol–water partition coefficient (Wildman–Crippen LogP) is 2.08. The van der Waals surface area contributed by atoms with E-state index in [2.05, 4.69) is 28.8 Å². The van der Waals surface area contributed by atoms with Gasteiger partial charge in [-0.05, 0) is 30.2 Å². The Hall–Kier alpha value is -1.27. The summed E-state index contributed by atoms with van der Waals surface area (Å²) in [4.78, 5) is 8.38. The molecule has 3 heteroatoms. The van der Waals surface area contributed by atoms with E-state index in [-0.39, 0.29) is 0 Å². The standard InChI is InChI=1S/C11H11N2P/c1-14-10-2-3-11(13-8-10)9-4-6-12-7-5-9/h2-8,14H,1H3. The molecule has 0 amide bonds. The van der Waals surface area contributed by atoms with Gasteiger partial charge in [0.25, 0.3) is 0 Å². The first-order valence-electron chi connectivity index (χ1n) is 4.44. The van der Waals surface area contributed by atoms with Crippen molar-refractivity contribution in [1.82, 2.24) is 9.97 Å². The molecular formula is C11H11N2P. The molecule has 0 aliphatic carbocycles. The van der Waals surface area contributed by atoms with Gasteiger partial charge in [0.15, 0.2) is 0 Å². The summed E-state index contributed by atoms with van der Waals surface area (Å²) in [7, 11) is 0.809. The minimum Gasteiger partial charge on any atom is -0.265 e. The summed E-state index contributed by atoms with van der Waals surface area (Å²) in [5, 5.41) is 1.29. The number of nitrogens with zero attached hydrogens (tertiary/aromatic N) is 2. The third kappa shape index (κ3) is 1.97. The summed E-state index contributed by atoms with van der Waals surface area (Å²) in [5.41, 5.74) is 2.13. The van der Waals surface area contributed by atoms with Crippen molar-refractivity contribution in [2.75, 3.05) is 6.66 Å². The zero-order valence-corrected chi connectivity index (χ0v) is 8.94. The Kier molecular flexibility index (Phi) is 2.85. The molecule has 0 aromatic carbocycles. The van der Waals surface area contributed by atoms with Crippen LogP contribution in [0.25, 0.3) is 11.3 Å². The Labute approximate surface area is 85.2 Å². The van der Waals surface area contributed by atoms with Crippen LogP contribution in [0, 0.1) is 0 Å². The lowest BCUT2D eigenvalue weighted by molar-refractivity contribution is 1.29. The van der Waals surface area contributed by atoms with Gasteiger partial charge >= 0.3 is 0 Å². The van der Waals surface area contributed by atoms with Gasteiger partial charge < -0.3 is 0 Å². The fourth-order valence-electron chi connectivity index (χ4n) is 1.24. The molecule has 0 saturated heterocycles. The lowest BCUT2D eigenvalue weighted by atomic mass is 10.2. The molecule has 0 N–H and O–H groups in total. The number of rotatable bonds is 2. The van der Waals surface area contributed by atoms with E-state index in [1.807, 2.05) is 18.3 Å². The molecule has 70 valence electrons. The molecule has 0 fully saturated rings. The van der Waals surface area contributed by atoms with Crippen LogP contribution in [0.15, 0.2) is 42.9 Å². The van der Waals surface area contributed by atoms with Crippen LogP contribution in [0.3, 0.4) is 0 Å². The molecule has 2 heterocycles.